The second-order valence-corrected chi connectivity index (χ2v) is 11.2. The monoisotopic (exact) mass is 615 g/mol. The fourth-order valence-electron chi connectivity index (χ4n) is 6.25. The van der Waals surface area contributed by atoms with E-state index in [2.05, 4.69) is 29.6 Å². The summed E-state index contributed by atoms with van der Waals surface area (Å²) in [6.45, 7) is -0.182. The molecule has 0 fully saturated rings. The van der Waals surface area contributed by atoms with E-state index in [1.54, 1.807) is 14.2 Å². The minimum Gasteiger partial charge on any atom is -0.497 e. The molecular formula is C39H37NO6. The van der Waals surface area contributed by atoms with E-state index < -0.39 is 17.7 Å². The molecule has 1 aliphatic carbocycles. The molecule has 1 aliphatic rings. The Hall–Kier alpha value is -5.11. The van der Waals surface area contributed by atoms with Gasteiger partial charge in [-0.05, 0) is 63.2 Å². The Morgan fingerprint density at radius 2 is 1.17 bits per heavy atom. The summed E-state index contributed by atoms with van der Waals surface area (Å²) in [4.78, 5) is 13.1. The van der Waals surface area contributed by atoms with E-state index in [1.165, 1.54) is 0 Å². The third-order valence-electron chi connectivity index (χ3n) is 8.56. The molecule has 0 saturated heterocycles. The third-order valence-corrected chi connectivity index (χ3v) is 8.56. The molecule has 46 heavy (non-hydrogen) atoms. The van der Waals surface area contributed by atoms with Crippen LogP contribution in [0, 0.1) is 0 Å². The lowest BCUT2D eigenvalue weighted by molar-refractivity contribution is -0.00827. The molecule has 0 spiro atoms. The van der Waals surface area contributed by atoms with Gasteiger partial charge in [-0.1, -0.05) is 103 Å². The smallest absolute Gasteiger partial charge is 0.407 e. The summed E-state index contributed by atoms with van der Waals surface area (Å²) in [5.74, 6) is 1.36. The number of nitrogens with one attached hydrogen (secondary N) is 1. The van der Waals surface area contributed by atoms with Gasteiger partial charge < -0.3 is 29.4 Å². The van der Waals surface area contributed by atoms with Crippen LogP contribution in [0.2, 0.25) is 0 Å². The highest BCUT2D eigenvalue weighted by atomic mass is 16.6. The fraction of sp³-hybridized carbons (Fsp3) is 0.205. The summed E-state index contributed by atoms with van der Waals surface area (Å²) >= 11 is 0. The molecule has 5 aromatic rings. The highest BCUT2D eigenvalue weighted by Gasteiger charge is 2.39. The van der Waals surface area contributed by atoms with Gasteiger partial charge in [-0.3, -0.25) is 0 Å². The SMILES string of the molecule is COc1ccc(C(OC[C@@H](CO)NC(=O)OCC2c3ccccc3-c3ccccc32)(c2ccccc2)c2ccc(OC)cc2)cc1. The standard InChI is InChI=1S/C39H37NO6/c1-43-31-20-16-28(17-21-31)39(27-10-4-3-5-11-27,29-18-22-32(44-2)23-19-29)46-25-30(24-41)40-38(42)45-26-37-35-14-8-6-12-33(35)34-13-7-9-15-36(34)37/h3-23,30,37,41H,24-26H2,1-2H3,(H,40,42)/t30-/m1/s1. The summed E-state index contributed by atoms with van der Waals surface area (Å²) < 4.78 is 23.5. The van der Waals surface area contributed by atoms with Crippen molar-refractivity contribution in [3.63, 3.8) is 0 Å². The maximum atomic E-state index is 13.1. The van der Waals surface area contributed by atoms with Gasteiger partial charge in [-0.25, -0.2) is 4.79 Å². The predicted molar refractivity (Wildman–Crippen MR) is 177 cm³/mol. The van der Waals surface area contributed by atoms with Crippen molar-refractivity contribution in [3.05, 3.63) is 155 Å². The minimum absolute atomic E-state index is 0.00630. The molecule has 6 rings (SSSR count). The average molecular weight is 616 g/mol. The first kappa shape index (κ1) is 30.9. The largest absolute Gasteiger partial charge is 0.497 e. The second kappa shape index (κ2) is 13.9. The number of hydrogen-bond donors (Lipinski definition) is 2. The Kier molecular flexibility index (Phi) is 9.33. The Morgan fingerprint density at radius 1 is 0.696 bits per heavy atom. The normalized spacial score (nSPS) is 12.9. The van der Waals surface area contributed by atoms with Crippen molar-refractivity contribution in [2.75, 3.05) is 34.0 Å². The molecular weight excluding hydrogens is 578 g/mol. The average Bonchev–Trinajstić information content (AvgIpc) is 3.44. The van der Waals surface area contributed by atoms with Crippen molar-refractivity contribution >= 4 is 6.09 Å². The third kappa shape index (κ3) is 6.07. The van der Waals surface area contributed by atoms with Crippen molar-refractivity contribution in [3.8, 4) is 22.6 Å². The van der Waals surface area contributed by atoms with E-state index in [1.807, 2.05) is 103 Å². The van der Waals surface area contributed by atoms with E-state index in [-0.39, 0.29) is 25.7 Å². The Bertz CT molecular complexity index is 1660. The van der Waals surface area contributed by atoms with E-state index in [4.69, 9.17) is 18.9 Å². The number of ether oxygens (including phenoxy) is 4. The van der Waals surface area contributed by atoms with Crippen LogP contribution in [0.1, 0.15) is 33.7 Å². The van der Waals surface area contributed by atoms with Crippen molar-refractivity contribution in [1.82, 2.24) is 5.32 Å². The molecule has 0 bridgehead atoms. The maximum absolute atomic E-state index is 13.1. The maximum Gasteiger partial charge on any atom is 0.407 e. The molecule has 2 N–H and O–H groups in total. The number of rotatable bonds is 12. The summed E-state index contributed by atoms with van der Waals surface area (Å²) in [7, 11) is 3.25. The first-order valence-corrected chi connectivity index (χ1v) is 15.3. The van der Waals surface area contributed by atoms with Gasteiger partial charge in [0.25, 0.3) is 0 Å². The molecule has 234 valence electrons. The van der Waals surface area contributed by atoms with Crippen LogP contribution >= 0.6 is 0 Å². The number of aliphatic hydroxyl groups excluding tert-OH is 1. The van der Waals surface area contributed by atoms with Gasteiger partial charge in [0.05, 0.1) is 33.5 Å². The number of benzene rings is 5. The van der Waals surface area contributed by atoms with Gasteiger partial charge in [-0.15, -0.1) is 0 Å². The van der Waals surface area contributed by atoms with Gasteiger partial charge in [0.15, 0.2) is 0 Å². The fourth-order valence-corrected chi connectivity index (χ4v) is 6.25. The van der Waals surface area contributed by atoms with Crippen LogP contribution in [0.3, 0.4) is 0 Å². The molecule has 0 aliphatic heterocycles. The first-order chi connectivity index (χ1) is 22.6. The van der Waals surface area contributed by atoms with Crippen molar-refractivity contribution in [1.29, 1.82) is 0 Å². The summed E-state index contributed by atoms with van der Waals surface area (Å²) in [5.41, 5.74) is 6.06. The zero-order chi connectivity index (χ0) is 31.9. The van der Waals surface area contributed by atoms with E-state index >= 15 is 0 Å². The Balaban J connectivity index is 1.24. The molecule has 7 nitrogen and oxygen atoms in total. The van der Waals surface area contributed by atoms with Gasteiger partial charge in [0, 0.05) is 5.92 Å². The van der Waals surface area contributed by atoms with Gasteiger partial charge in [0.2, 0.25) is 0 Å². The van der Waals surface area contributed by atoms with Crippen molar-refractivity contribution in [2.24, 2.45) is 0 Å². The highest BCUT2D eigenvalue weighted by molar-refractivity contribution is 5.79. The molecule has 5 aromatic carbocycles. The molecule has 0 heterocycles. The number of hydrogen-bond acceptors (Lipinski definition) is 6. The van der Waals surface area contributed by atoms with Gasteiger partial charge in [-0.2, -0.15) is 0 Å². The summed E-state index contributed by atoms with van der Waals surface area (Å²) in [5, 5.41) is 13.2. The number of carbonyl (C=O) groups is 1. The molecule has 0 unspecified atom stereocenters. The van der Waals surface area contributed by atoms with Crippen molar-refractivity contribution in [2.45, 2.75) is 17.6 Å². The quantitative estimate of drug-likeness (QED) is 0.148. The number of fused-ring (bicyclic) bond motifs is 3. The second-order valence-electron chi connectivity index (χ2n) is 11.2. The Morgan fingerprint density at radius 3 is 1.67 bits per heavy atom. The summed E-state index contributed by atoms with van der Waals surface area (Å²) in [6, 6.07) is 40.9. The Labute approximate surface area is 269 Å². The number of methoxy groups -OCH3 is 2. The first-order valence-electron chi connectivity index (χ1n) is 15.3. The molecule has 1 atom stereocenters. The van der Waals surface area contributed by atoms with E-state index in [0.29, 0.717) is 11.5 Å². The lowest BCUT2D eigenvalue weighted by Crippen LogP contribution is -2.44. The molecule has 0 radical (unpaired) electrons. The van der Waals surface area contributed by atoms with E-state index in [9.17, 15) is 9.90 Å². The van der Waals surface area contributed by atoms with Crippen LogP contribution in [0.4, 0.5) is 4.79 Å². The van der Waals surface area contributed by atoms with Crippen LogP contribution in [-0.4, -0.2) is 51.3 Å². The molecule has 0 saturated carbocycles. The molecule has 7 heteroatoms. The van der Waals surface area contributed by atoms with Crippen LogP contribution in [-0.2, 0) is 15.1 Å². The zero-order valence-electron chi connectivity index (χ0n) is 25.9. The molecule has 1 amide bonds. The van der Waals surface area contributed by atoms with Crippen LogP contribution in [0.25, 0.3) is 11.1 Å². The van der Waals surface area contributed by atoms with Crippen LogP contribution in [0.5, 0.6) is 11.5 Å². The number of carbonyl (C=O) groups excluding carboxylic acids is 1. The van der Waals surface area contributed by atoms with Crippen LogP contribution in [0.15, 0.2) is 127 Å². The number of aliphatic hydroxyl groups is 1. The highest BCUT2D eigenvalue weighted by Crippen LogP contribution is 2.45. The topological polar surface area (TPSA) is 86.2 Å². The predicted octanol–water partition coefficient (Wildman–Crippen LogP) is 6.91. The minimum atomic E-state index is -1.09. The van der Waals surface area contributed by atoms with Gasteiger partial charge in [0.1, 0.15) is 23.7 Å². The lowest BCUT2D eigenvalue weighted by atomic mass is 9.80. The number of amides is 1. The van der Waals surface area contributed by atoms with Crippen molar-refractivity contribution < 1.29 is 28.8 Å². The molecule has 0 aromatic heterocycles. The van der Waals surface area contributed by atoms with Gasteiger partial charge >= 0.3 is 6.09 Å². The summed E-state index contributed by atoms with van der Waals surface area (Å²) in [6.07, 6.45) is -0.622. The number of alkyl carbamates (subject to hydrolysis) is 1. The zero-order valence-corrected chi connectivity index (χ0v) is 25.9. The van der Waals surface area contributed by atoms with Crippen LogP contribution < -0.4 is 14.8 Å². The lowest BCUT2D eigenvalue weighted by Gasteiger charge is -2.37. The van der Waals surface area contributed by atoms with E-state index in [0.717, 1.165) is 38.9 Å².